The van der Waals surface area contributed by atoms with E-state index >= 15 is 0 Å². The van der Waals surface area contributed by atoms with Crippen molar-refractivity contribution in [3.8, 4) is 0 Å². The molecular weight excluding hydrogens is 192 g/mol. The normalized spacial score (nSPS) is 17.2. The molecule has 16 heavy (non-hydrogen) atoms. The molecule has 0 aliphatic heterocycles. The van der Waals surface area contributed by atoms with Gasteiger partial charge in [-0.1, -0.05) is 68.7 Å². The third-order valence-corrected chi connectivity index (χ3v) is 5.62. The number of hydrogen-bond acceptors (Lipinski definition) is 0. The summed E-state index contributed by atoms with van der Waals surface area (Å²) in [7, 11) is 0. The van der Waals surface area contributed by atoms with Gasteiger partial charge in [-0.15, -0.1) is 0 Å². The van der Waals surface area contributed by atoms with E-state index in [9.17, 15) is 0 Å². The maximum absolute atomic E-state index is 2.48. The third-order valence-electron chi connectivity index (χ3n) is 5.62. The molecule has 1 unspecified atom stereocenters. The zero-order chi connectivity index (χ0) is 13.1. The van der Waals surface area contributed by atoms with Gasteiger partial charge in [0.25, 0.3) is 0 Å². The van der Waals surface area contributed by atoms with Crippen LogP contribution in [0.3, 0.4) is 0 Å². The van der Waals surface area contributed by atoms with Crippen LogP contribution in [0.1, 0.15) is 75.2 Å². The zero-order valence-electron chi connectivity index (χ0n) is 13.1. The van der Waals surface area contributed by atoms with Gasteiger partial charge in [0.2, 0.25) is 0 Å². The molecule has 0 nitrogen and oxygen atoms in total. The fourth-order valence-corrected chi connectivity index (χ4v) is 2.68. The molecule has 0 aliphatic rings. The minimum atomic E-state index is 0.467. The van der Waals surface area contributed by atoms with Crippen LogP contribution in [0.2, 0.25) is 0 Å². The van der Waals surface area contributed by atoms with Crippen molar-refractivity contribution in [2.24, 2.45) is 28.6 Å². The SMILES string of the molecule is CCC(C)(CC(C)(C(C)C)C(C)C)C(C)C. The standard InChI is InChI=1S/C16H34/c1-10-15(8,12(2)3)11-16(9,13(4)5)14(6)7/h12-14H,10-11H2,1-9H3. The van der Waals surface area contributed by atoms with Gasteiger partial charge in [-0.05, 0) is 35.0 Å². The first-order valence-electron chi connectivity index (χ1n) is 7.10. The lowest BCUT2D eigenvalue weighted by Gasteiger charge is -2.46. The van der Waals surface area contributed by atoms with Crippen molar-refractivity contribution in [3.63, 3.8) is 0 Å². The molecule has 0 saturated heterocycles. The van der Waals surface area contributed by atoms with Gasteiger partial charge in [0, 0.05) is 0 Å². The highest BCUT2D eigenvalue weighted by Crippen LogP contribution is 2.49. The summed E-state index contributed by atoms with van der Waals surface area (Å²) in [5, 5.41) is 0. The molecule has 0 aromatic rings. The van der Waals surface area contributed by atoms with Gasteiger partial charge in [-0.2, -0.15) is 0 Å². The third kappa shape index (κ3) is 3.25. The Hall–Kier alpha value is 0. The van der Waals surface area contributed by atoms with Crippen LogP contribution in [0.25, 0.3) is 0 Å². The Kier molecular flexibility index (Phi) is 5.56. The summed E-state index contributed by atoms with van der Waals surface area (Å²) in [6, 6.07) is 0. The van der Waals surface area contributed by atoms with Crippen LogP contribution < -0.4 is 0 Å². The molecule has 0 heteroatoms. The Labute approximate surface area is 104 Å². The number of hydrogen-bond donors (Lipinski definition) is 0. The topological polar surface area (TPSA) is 0 Å². The second-order valence-electron chi connectivity index (χ2n) is 7.15. The maximum Gasteiger partial charge on any atom is -0.0274 e. The molecule has 0 radical (unpaired) electrons. The van der Waals surface area contributed by atoms with E-state index in [1.54, 1.807) is 0 Å². The summed E-state index contributed by atoms with van der Waals surface area (Å²) < 4.78 is 0. The van der Waals surface area contributed by atoms with E-state index in [4.69, 9.17) is 0 Å². The molecule has 0 aromatic carbocycles. The predicted octanol–water partition coefficient (Wildman–Crippen LogP) is 5.77. The van der Waals surface area contributed by atoms with E-state index in [0.717, 1.165) is 17.8 Å². The molecule has 0 aliphatic carbocycles. The molecule has 0 saturated carbocycles. The summed E-state index contributed by atoms with van der Waals surface area (Å²) >= 11 is 0. The fourth-order valence-electron chi connectivity index (χ4n) is 2.68. The molecule has 0 amide bonds. The molecule has 0 N–H and O–H groups in total. The Morgan fingerprint density at radius 3 is 1.31 bits per heavy atom. The van der Waals surface area contributed by atoms with Crippen LogP contribution in [0.4, 0.5) is 0 Å². The van der Waals surface area contributed by atoms with Crippen LogP contribution in [-0.4, -0.2) is 0 Å². The summed E-state index contributed by atoms with van der Waals surface area (Å²) in [4.78, 5) is 0. The van der Waals surface area contributed by atoms with Crippen molar-refractivity contribution in [1.29, 1.82) is 0 Å². The minimum absolute atomic E-state index is 0.467. The first kappa shape index (κ1) is 16.0. The molecule has 0 spiro atoms. The summed E-state index contributed by atoms with van der Waals surface area (Å²) in [5.41, 5.74) is 0.957. The van der Waals surface area contributed by atoms with Gasteiger partial charge in [0.15, 0.2) is 0 Å². The van der Waals surface area contributed by atoms with Crippen molar-refractivity contribution in [2.75, 3.05) is 0 Å². The number of rotatable bonds is 6. The van der Waals surface area contributed by atoms with E-state index in [2.05, 4.69) is 62.3 Å². The van der Waals surface area contributed by atoms with Crippen LogP contribution in [0.15, 0.2) is 0 Å². The second-order valence-corrected chi connectivity index (χ2v) is 7.15. The quantitative estimate of drug-likeness (QED) is 0.539. The molecule has 0 bridgehead atoms. The van der Waals surface area contributed by atoms with Crippen LogP contribution in [-0.2, 0) is 0 Å². The van der Waals surface area contributed by atoms with Gasteiger partial charge < -0.3 is 0 Å². The van der Waals surface area contributed by atoms with Gasteiger partial charge in [0.05, 0.1) is 0 Å². The molecule has 0 fully saturated rings. The highest BCUT2D eigenvalue weighted by molar-refractivity contribution is 4.89. The van der Waals surface area contributed by atoms with E-state index < -0.39 is 0 Å². The highest BCUT2D eigenvalue weighted by atomic mass is 14.4. The molecule has 98 valence electrons. The monoisotopic (exact) mass is 226 g/mol. The molecular formula is C16H34. The van der Waals surface area contributed by atoms with Crippen LogP contribution in [0.5, 0.6) is 0 Å². The van der Waals surface area contributed by atoms with Gasteiger partial charge in [-0.3, -0.25) is 0 Å². The Morgan fingerprint density at radius 1 is 0.750 bits per heavy atom. The summed E-state index contributed by atoms with van der Waals surface area (Å²) in [6.07, 6.45) is 2.64. The Bertz CT molecular complexity index is 192. The van der Waals surface area contributed by atoms with E-state index in [0.29, 0.717) is 10.8 Å². The zero-order valence-corrected chi connectivity index (χ0v) is 13.1. The van der Waals surface area contributed by atoms with Crippen LogP contribution in [0, 0.1) is 28.6 Å². The summed E-state index contributed by atoms with van der Waals surface area (Å²) in [6.45, 7) is 21.6. The highest BCUT2D eigenvalue weighted by Gasteiger charge is 2.40. The molecule has 1 atom stereocenters. The van der Waals surface area contributed by atoms with E-state index in [1.165, 1.54) is 12.8 Å². The molecule has 0 heterocycles. The van der Waals surface area contributed by atoms with Crippen molar-refractivity contribution in [1.82, 2.24) is 0 Å². The lowest BCUT2D eigenvalue weighted by molar-refractivity contribution is 0.0318. The molecule has 0 rings (SSSR count). The second kappa shape index (κ2) is 5.56. The lowest BCUT2D eigenvalue weighted by atomic mass is 9.59. The van der Waals surface area contributed by atoms with Gasteiger partial charge >= 0.3 is 0 Å². The van der Waals surface area contributed by atoms with Crippen molar-refractivity contribution >= 4 is 0 Å². The summed E-state index contributed by atoms with van der Waals surface area (Å²) in [5.74, 6) is 2.29. The molecule has 0 aromatic heterocycles. The minimum Gasteiger partial charge on any atom is -0.0649 e. The largest absolute Gasteiger partial charge is 0.0649 e. The van der Waals surface area contributed by atoms with Gasteiger partial charge in [0.1, 0.15) is 0 Å². The van der Waals surface area contributed by atoms with Crippen molar-refractivity contribution in [2.45, 2.75) is 75.2 Å². The fraction of sp³-hybridized carbons (Fsp3) is 1.00. The van der Waals surface area contributed by atoms with Gasteiger partial charge in [-0.25, -0.2) is 0 Å². The van der Waals surface area contributed by atoms with E-state index in [1.807, 2.05) is 0 Å². The predicted molar refractivity (Wildman–Crippen MR) is 75.6 cm³/mol. The van der Waals surface area contributed by atoms with E-state index in [-0.39, 0.29) is 0 Å². The van der Waals surface area contributed by atoms with Crippen molar-refractivity contribution in [3.05, 3.63) is 0 Å². The van der Waals surface area contributed by atoms with Crippen LogP contribution >= 0.6 is 0 Å². The maximum atomic E-state index is 2.48. The average Bonchev–Trinajstić information content (AvgIpc) is 2.16. The smallest absolute Gasteiger partial charge is 0.0274 e. The first-order valence-corrected chi connectivity index (χ1v) is 7.10. The lowest BCUT2D eigenvalue weighted by Crippen LogP contribution is -2.38. The Morgan fingerprint density at radius 2 is 1.12 bits per heavy atom. The first-order chi connectivity index (χ1) is 7.10. The average molecular weight is 226 g/mol. The van der Waals surface area contributed by atoms with Crippen molar-refractivity contribution < 1.29 is 0 Å². The Balaban J connectivity index is 5.02.